The highest BCUT2D eigenvalue weighted by Gasteiger charge is 2.25. The molecular formula is C21H25N3O4S. The van der Waals surface area contributed by atoms with E-state index in [-0.39, 0.29) is 23.2 Å². The molecule has 0 spiro atoms. The van der Waals surface area contributed by atoms with Crippen LogP contribution in [-0.4, -0.2) is 37.0 Å². The summed E-state index contributed by atoms with van der Waals surface area (Å²) in [6.45, 7) is 5.93. The molecule has 0 aliphatic heterocycles. The molecule has 1 heterocycles. The van der Waals surface area contributed by atoms with Gasteiger partial charge < -0.3 is 9.26 Å². The number of aryl methyl sites for hydroxylation is 1. The van der Waals surface area contributed by atoms with E-state index in [0.717, 1.165) is 16.7 Å². The van der Waals surface area contributed by atoms with Crippen molar-refractivity contribution in [1.82, 2.24) is 14.4 Å². The largest absolute Gasteiger partial charge is 0.496 e. The predicted molar refractivity (Wildman–Crippen MR) is 110 cm³/mol. The van der Waals surface area contributed by atoms with Crippen LogP contribution < -0.4 is 4.74 Å². The van der Waals surface area contributed by atoms with Crippen LogP contribution >= 0.6 is 0 Å². The Balaban J connectivity index is 1.83. The Kier molecular flexibility index (Phi) is 6.04. The lowest BCUT2D eigenvalue weighted by Gasteiger charge is -2.18. The van der Waals surface area contributed by atoms with Gasteiger partial charge in [0.15, 0.2) is 0 Å². The van der Waals surface area contributed by atoms with Crippen molar-refractivity contribution in [2.75, 3.05) is 14.2 Å². The van der Waals surface area contributed by atoms with Gasteiger partial charge in [-0.2, -0.15) is 9.29 Å². The monoisotopic (exact) mass is 415 g/mol. The summed E-state index contributed by atoms with van der Waals surface area (Å²) in [5.74, 6) is 1.45. The highest BCUT2D eigenvalue weighted by molar-refractivity contribution is 7.89. The molecule has 0 saturated heterocycles. The Morgan fingerprint density at radius 1 is 1.17 bits per heavy atom. The molecule has 0 fully saturated rings. The molecule has 2 aromatic carbocycles. The van der Waals surface area contributed by atoms with Gasteiger partial charge in [-0.15, -0.1) is 0 Å². The van der Waals surface area contributed by atoms with E-state index in [0.29, 0.717) is 11.6 Å². The number of hydrogen-bond donors (Lipinski definition) is 0. The molecule has 3 aromatic rings. The fourth-order valence-electron chi connectivity index (χ4n) is 3.00. The SMILES string of the molecule is COc1ccc(S(=O)(=O)N(C)Cc2nc(-c3cccc(C)c3)no2)cc1C(C)C. The number of ether oxygens (including phenoxy) is 1. The van der Waals surface area contributed by atoms with Crippen molar-refractivity contribution >= 4 is 10.0 Å². The van der Waals surface area contributed by atoms with Crippen LogP contribution in [0.25, 0.3) is 11.4 Å². The smallest absolute Gasteiger partial charge is 0.243 e. The molecule has 0 atom stereocenters. The molecule has 0 bridgehead atoms. The number of hydrogen-bond acceptors (Lipinski definition) is 6. The molecular weight excluding hydrogens is 390 g/mol. The second-order valence-electron chi connectivity index (χ2n) is 7.20. The molecule has 29 heavy (non-hydrogen) atoms. The number of nitrogens with zero attached hydrogens (tertiary/aromatic N) is 3. The van der Waals surface area contributed by atoms with E-state index in [1.807, 2.05) is 45.0 Å². The van der Waals surface area contributed by atoms with Gasteiger partial charge in [0.1, 0.15) is 5.75 Å². The fourth-order valence-corrected chi connectivity index (χ4v) is 4.16. The van der Waals surface area contributed by atoms with Crippen LogP contribution in [0.2, 0.25) is 0 Å². The second-order valence-corrected chi connectivity index (χ2v) is 9.25. The Morgan fingerprint density at radius 3 is 2.59 bits per heavy atom. The Labute approximate surface area is 171 Å². The van der Waals surface area contributed by atoms with Gasteiger partial charge in [0.25, 0.3) is 0 Å². The van der Waals surface area contributed by atoms with Crippen LogP contribution in [-0.2, 0) is 16.6 Å². The molecule has 0 aliphatic rings. The number of methoxy groups -OCH3 is 1. The molecule has 154 valence electrons. The molecule has 0 amide bonds. The third kappa shape index (κ3) is 4.49. The number of rotatable bonds is 7. The van der Waals surface area contributed by atoms with E-state index in [1.54, 1.807) is 25.3 Å². The summed E-state index contributed by atoms with van der Waals surface area (Å²) in [7, 11) is -0.667. The van der Waals surface area contributed by atoms with Gasteiger partial charge in [-0.05, 0) is 42.7 Å². The van der Waals surface area contributed by atoms with Crippen LogP contribution in [0.15, 0.2) is 51.9 Å². The van der Waals surface area contributed by atoms with E-state index in [2.05, 4.69) is 10.1 Å². The Hall–Kier alpha value is -2.71. The molecule has 0 N–H and O–H groups in total. The summed E-state index contributed by atoms with van der Waals surface area (Å²) in [6, 6.07) is 12.6. The molecule has 1 aromatic heterocycles. The van der Waals surface area contributed by atoms with Crippen molar-refractivity contribution in [3.8, 4) is 17.1 Å². The first kappa shape index (κ1) is 21.0. The normalized spacial score (nSPS) is 12.0. The molecule has 3 rings (SSSR count). The maximum absolute atomic E-state index is 13.0. The first-order valence-corrected chi connectivity index (χ1v) is 10.7. The van der Waals surface area contributed by atoms with Crippen LogP contribution in [0.5, 0.6) is 5.75 Å². The molecule has 0 saturated carbocycles. The lowest BCUT2D eigenvalue weighted by Crippen LogP contribution is -2.26. The summed E-state index contributed by atoms with van der Waals surface area (Å²) in [5, 5.41) is 3.97. The van der Waals surface area contributed by atoms with Crippen molar-refractivity contribution in [2.24, 2.45) is 0 Å². The number of benzene rings is 2. The summed E-state index contributed by atoms with van der Waals surface area (Å²) in [6.07, 6.45) is 0. The van der Waals surface area contributed by atoms with Gasteiger partial charge in [-0.1, -0.05) is 42.8 Å². The molecule has 0 radical (unpaired) electrons. The third-order valence-electron chi connectivity index (χ3n) is 4.63. The van der Waals surface area contributed by atoms with E-state index in [9.17, 15) is 8.42 Å². The van der Waals surface area contributed by atoms with Crippen molar-refractivity contribution in [3.05, 3.63) is 59.5 Å². The van der Waals surface area contributed by atoms with Crippen molar-refractivity contribution in [3.63, 3.8) is 0 Å². The lowest BCUT2D eigenvalue weighted by molar-refractivity contribution is 0.336. The average molecular weight is 416 g/mol. The van der Waals surface area contributed by atoms with E-state index in [1.165, 1.54) is 11.4 Å². The van der Waals surface area contributed by atoms with Gasteiger partial charge >= 0.3 is 0 Å². The predicted octanol–water partition coefficient (Wildman–Crippen LogP) is 4.00. The van der Waals surface area contributed by atoms with Gasteiger partial charge in [0, 0.05) is 12.6 Å². The van der Waals surface area contributed by atoms with Gasteiger partial charge in [0.2, 0.25) is 21.7 Å². The average Bonchev–Trinajstić information content (AvgIpc) is 3.15. The summed E-state index contributed by atoms with van der Waals surface area (Å²) < 4.78 is 37.9. The van der Waals surface area contributed by atoms with Crippen LogP contribution in [0.4, 0.5) is 0 Å². The fraction of sp³-hybridized carbons (Fsp3) is 0.333. The van der Waals surface area contributed by atoms with Crippen LogP contribution in [0.1, 0.15) is 36.8 Å². The zero-order valence-electron chi connectivity index (χ0n) is 17.2. The van der Waals surface area contributed by atoms with E-state index < -0.39 is 10.0 Å². The van der Waals surface area contributed by atoms with E-state index >= 15 is 0 Å². The number of aromatic nitrogens is 2. The summed E-state index contributed by atoms with van der Waals surface area (Å²) in [5.41, 5.74) is 2.73. The Morgan fingerprint density at radius 2 is 1.93 bits per heavy atom. The minimum atomic E-state index is -3.73. The zero-order chi connectivity index (χ0) is 21.2. The lowest BCUT2D eigenvalue weighted by atomic mass is 10.0. The third-order valence-corrected chi connectivity index (χ3v) is 6.43. The van der Waals surface area contributed by atoms with Crippen LogP contribution in [0, 0.1) is 6.92 Å². The van der Waals surface area contributed by atoms with Crippen molar-refractivity contribution in [1.29, 1.82) is 0 Å². The quantitative estimate of drug-likeness (QED) is 0.580. The first-order valence-electron chi connectivity index (χ1n) is 9.26. The standard InChI is InChI=1S/C21H25N3O4S/c1-14(2)18-12-17(9-10-19(18)27-5)29(25,26)24(4)13-20-22-21(23-28-20)16-8-6-7-15(3)11-16/h6-12,14H,13H2,1-5H3. The summed E-state index contributed by atoms with van der Waals surface area (Å²) in [4.78, 5) is 4.54. The van der Waals surface area contributed by atoms with Gasteiger partial charge in [-0.25, -0.2) is 8.42 Å². The topological polar surface area (TPSA) is 85.5 Å². The zero-order valence-corrected chi connectivity index (χ0v) is 18.0. The maximum atomic E-state index is 13.0. The highest BCUT2D eigenvalue weighted by atomic mass is 32.2. The van der Waals surface area contributed by atoms with Crippen molar-refractivity contribution < 1.29 is 17.7 Å². The minimum absolute atomic E-state index is 0.0236. The molecule has 0 aliphatic carbocycles. The van der Waals surface area contributed by atoms with Gasteiger partial charge in [-0.3, -0.25) is 0 Å². The molecule has 0 unspecified atom stereocenters. The van der Waals surface area contributed by atoms with Crippen molar-refractivity contribution in [2.45, 2.75) is 38.1 Å². The summed E-state index contributed by atoms with van der Waals surface area (Å²) >= 11 is 0. The van der Waals surface area contributed by atoms with E-state index in [4.69, 9.17) is 9.26 Å². The highest BCUT2D eigenvalue weighted by Crippen LogP contribution is 2.30. The molecule has 7 nitrogen and oxygen atoms in total. The first-order chi connectivity index (χ1) is 13.7. The molecule has 8 heteroatoms. The minimum Gasteiger partial charge on any atom is -0.496 e. The van der Waals surface area contributed by atoms with Crippen LogP contribution in [0.3, 0.4) is 0 Å². The van der Waals surface area contributed by atoms with Gasteiger partial charge in [0.05, 0.1) is 18.6 Å². The number of sulfonamides is 1. The maximum Gasteiger partial charge on any atom is 0.243 e. The Bertz CT molecular complexity index is 1110. The second kappa shape index (κ2) is 8.34.